The summed E-state index contributed by atoms with van der Waals surface area (Å²) in [5.74, 6) is 0.678. The summed E-state index contributed by atoms with van der Waals surface area (Å²) < 4.78 is 32.3. The summed E-state index contributed by atoms with van der Waals surface area (Å²) in [6, 6.07) is 7.59. The minimum Gasteiger partial charge on any atom is -0.492 e. The zero-order chi connectivity index (χ0) is 16.2. The first kappa shape index (κ1) is 17.2. The van der Waals surface area contributed by atoms with Crippen LogP contribution in [0.4, 0.5) is 0 Å². The molecule has 1 aromatic carbocycles. The second-order valence-corrected chi connectivity index (χ2v) is 8.53. The third-order valence-corrected chi connectivity index (χ3v) is 5.40. The maximum Gasteiger partial charge on any atom is 0.214 e. The molecule has 0 amide bonds. The van der Waals surface area contributed by atoms with Gasteiger partial charge in [0, 0.05) is 13.1 Å². The van der Waals surface area contributed by atoms with E-state index in [-0.39, 0.29) is 17.8 Å². The van der Waals surface area contributed by atoms with Crippen molar-refractivity contribution in [2.24, 2.45) is 5.41 Å². The molecule has 22 heavy (non-hydrogen) atoms. The lowest BCUT2D eigenvalue weighted by Gasteiger charge is -2.24. The first-order chi connectivity index (χ1) is 10.3. The number of hydrogen-bond acceptors (Lipinski definition) is 4. The molecule has 1 atom stereocenters. The number of hydrogen-bond donors (Lipinski definition) is 1. The average molecular weight is 326 g/mol. The quantitative estimate of drug-likeness (QED) is 0.827. The van der Waals surface area contributed by atoms with Crippen molar-refractivity contribution in [3.63, 3.8) is 0 Å². The summed E-state index contributed by atoms with van der Waals surface area (Å²) in [5.41, 5.74) is 1.18. The van der Waals surface area contributed by atoms with Gasteiger partial charge in [0.2, 0.25) is 10.0 Å². The van der Waals surface area contributed by atoms with Gasteiger partial charge >= 0.3 is 0 Å². The normalized spacial score (nSPS) is 22.9. The van der Waals surface area contributed by atoms with Gasteiger partial charge in [0.05, 0.1) is 5.75 Å². The molecule has 0 spiro atoms. The van der Waals surface area contributed by atoms with Gasteiger partial charge in [-0.1, -0.05) is 24.6 Å². The third kappa shape index (κ3) is 5.26. The lowest BCUT2D eigenvalue weighted by Crippen LogP contribution is -2.39. The highest BCUT2D eigenvalue weighted by Crippen LogP contribution is 2.28. The molecule has 1 aromatic rings. The van der Waals surface area contributed by atoms with Gasteiger partial charge in [0.25, 0.3) is 0 Å². The van der Waals surface area contributed by atoms with E-state index in [4.69, 9.17) is 4.74 Å². The standard InChI is InChI=1S/C16H26N2O3S/c1-14-4-6-15(7-5-14)21-10-11-22(19,20)17-12-16(2)8-9-18(3)13-16/h4-7,17H,8-13H2,1-3H3/t16-/m0/s1. The monoisotopic (exact) mass is 326 g/mol. The number of nitrogens with one attached hydrogen (secondary N) is 1. The van der Waals surface area contributed by atoms with Crippen LogP contribution in [0.2, 0.25) is 0 Å². The number of ether oxygens (including phenoxy) is 1. The van der Waals surface area contributed by atoms with Gasteiger partial charge in [0.15, 0.2) is 0 Å². The van der Waals surface area contributed by atoms with Crippen molar-refractivity contribution in [3.05, 3.63) is 29.8 Å². The molecule has 0 unspecified atom stereocenters. The van der Waals surface area contributed by atoms with Crippen molar-refractivity contribution in [3.8, 4) is 5.75 Å². The van der Waals surface area contributed by atoms with E-state index >= 15 is 0 Å². The van der Waals surface area contributed by atoms with Crippen LogP contribution in [-0.4, -0.2) is 52.4 Å². The number of likely N-dealkylation sites (tertiary alicyclic amines) is 1. The van der Waals surface area contributed by atoms with Crippen molar-refractivity contribution in [1.82, 2.24) is 9.62 Å². The first-order valence-electron chi connectivity index (χ1n) is 7.63. The lowest BCUT2D eigenvalue weighted by atomic mass is 9.90. The van der Waals surface area contributed by atoms with E-state index in [1.165, 1.54) is 0 Å². The minimum absolute atomic E-state index is 0.0210. The van der Waals surface area contributed by atoms with Gasteiger partial charge in [-0.15, -0.1) is 0 Å². The van der Waals surface area contributed by atoms with Crippen LogP contribution < -0.4 is 9.46 Å². The molecule has 0 aromatic heterocycles. The van der Waals surface area contributed by atoms with Crippen LogP contribution in [0.5, 0.6) is 5.75 Å². The third-order valence-electron chi connectivity index (χ3n) is 4.11. The molecule has 0 aliphatic carbocycles. The molecule has 0 radical (unpaired) electrons. The average Bonchev–Trinajstić information content (AvgIpc) is 2.79. The number of benzene rings is 1. The number of aryl methyl sites for hydroxylation is 1. The molecular weight excluding hydrogens is 300 g/mol. The maximum absolute atomic E-state index is 12.1. The van der Waals surface area contributed by atoms with E-state index in [1.54, 1.807) is 0 Å². The SMILES string of the molecule is Cc1ccc(OCCS(=O)(=O)NC[C@]2(C)CCN(C)C2)cc1. The Labute approximate surface area is 133 Å². The van der Waals surface area contributed by atoms with Crippen molar-refractivity contribution in [2.45, 2.75) is 20.3 Å². The largest absolute Gasteiger partial charge is 0.492 e. The van der Waals surface area contributed by atoms with Crippen molar-refractivity contribution >= 4 is 10.0 Å². The Kier molecular flexibility index (Phi) is 5.47. The summed E-state index contributed by atoms with van der Waals surface area (Å²) in [5, 5.41) is 0. The van der Waals surface area contributed by atoms with Crippen LogP contribution in [0.1, 0.15) is 18.9 Å². The first-order valence-corrected chi connectivity index (χ1v) is 9.29. The van der Waals surface area contributed by atoms with E-state index < -0.39 is 10.0 Å². The molecule has 1 saturated heterocycles. The molecule has 0 saturated carbocycles. The van der Waals surface area contributed by atoms with E-state index in [0.717, 1.165) is 25.1 Å². The Morgan fingerprint density at radius 2 is 2.00 bits per heavy atom. The second kappa shape index (κ2) is 6.98. The molecule has 1 aliphatic heterocycles. The van der Waals surface area contributed by atoms with E-state index in [1.807, 2.05) is 31.2 Å². The van der Waals surface area contributed by atoms with E-state index in [2.05, 4.69) is 23.6 Å². The van der Waals surface area contributed by atoms with Crippen LogP contribution in [0.15, 0.2) is 24.3 Å². The Morgan fingerprint density at radius 3 is 2.59 bits per heavy atom. The molecule has 1 heterocycles. The van der Waals surface area contributed by atoms with E-state index in [9.17, 15) is 8.42 Å². The predicted octanol–water partition coefficient (Wildman–Crippen LogP) is 1.64. The van der Waals surface area contributed by atoms with Crippen LogP contribution in [0.25, 0.3) is 0 Å². The van der Waals surface area contributed by atoms with Gasteiger partial charge in [0.1, 0.15) is 12.4 Å². The van der Waals surface area contributed by atoms with Crippen LogP contribution in [-0.2, 0) is 10.0 Å². The molecule has 1 N–H and O–H groups in total. The van der Waals surface area contributed by atoms with Crippen LogP contribution in [0, 0.1) is 12.3 Å². The Balaban J connectivity index is 1.75. The summed E-state index contributed by atoms with van der Waals surface area (Å²) >= 11 is 0. The number of nitrogens with zero attached hydrogens (tertiary/aromatic N) is 1. The van der Waals surface area contributed by atoms with Crippen LogP contribution >= 0.6 is 0 Å². The fourth-order valence-corrected chi connectivity index (χ4v) is 3.69. The topological polar surface area (TPSA) is 58.6 Å². The Morgan fingerprint density at radius 1 is 1.32 bits per heavy atom. The number of rotatable bonds is 7. The lowest BCUT2D eigenvalue weighted by molar-refractivity contribution is 0.308. The Hall–Kier alpha value is -1.11. The Bertz CT molecular complexity index is 586. The van der Waals surface area contributed by atoms with E-state index in [0.29, 0.717) is 12.3 Å². The highest BCUT2D eigenvalue weighted by molar-refractivity contribution is 7.89. The van der Waals surface area contributed by atoms with Gasteiger partial charge in [-0.25, -0.2) is 13.1 Å². The molecule has 5 nitrogen and oxygen atoms in total. The fourth-order valence-electron chi connectivity index (χ4n) is 2.67. The highest BCUT2D eigenvalue weighted by Gasteiger charge is 2.32. The molecule has 0 bridgehead atoms. The fraction of sp³-hybridized carbons (Fsp3) is 0.625. The summed E-state index contributed by atoms with van der Waals surface area (Å²) in [6.07, 6.45) is 1.02. The smallest absolute Gasteiger partial charge is 0.214 e. The molecule has 6 heteroatoms. The molecule has 1 fully saturated rings. The molecule has 124 valence electrons. The second-order valence-electron chi connectivity index (χ2n) is 6.60. The zero-order valence-electron chi connectivity index (χ0n) is 13.6. The van der Waals surface area contributed by atoms with Crippen LogP contribution in [0.3, 0.4) is 0 Å². The predicted molar refractivity (Wildman–Crippen MR) is 88.7 cm³/mol. The number of sulfonamides is 1. The summed E-state index contributed by atoms with van der Waals surface area (Å²) in [6.45, 7) is 6.73. The van der Waals surface area contributed by atoms with Crippen molar-refractivity contribution < 1.29 is 13.2 Å². The molecule has 1 aliphatic rings. The van der Waals surface area contributed by atoms with Gasteiger partial charge < -0.3 is 9.64 Å². The summed E-state index contributed by atoms with van der Waals surface area (Å²) in [4.78, 5) is 2.23. The maximum atomic E-state index is 12.1. The molecule has 2 rings (SSSR count). The van der Waals surface area contributed by atoms with Gasteiger partial charge in [-0.3, -0.25) is 0 Å². The van der Waals surface area contributed by atoms with Crippen molar-refractivity contribution in [2.75, 3.05) is 39.0 Å². The van der Waals surface area contributed by atoms with Gasteiger partial charge in [-0.2, -0.15) is 0 Å². The van der Waals surface area contributed by atoms with Gasteiger partial charge in [-0.05, 0) is 44.5 Å². The minimum atomic E-state index is -3.30. The van der Waals surface area contributed by atoms with Crippen molar-refractivity contribution in [1.29, 1.82) is 0 Å². The molecular formula is C16H26N2O3S. The summed E-state index contributed by atoms with van der Waals surface area (Å²) in [7, 11) is -1.23. The highest BCUT2D eigenvalue weighted by atomic mass is 32.2. The zero-order valence-corrected chi connectivity index (χ0v) is 14.4.